The second kappa shape index (κ2) is 5.97. The highest BCUT2D eigenvalue weighted by Gasteiger charge is 2.33. The van der Waals surface area contributed by atoms with Gasteiger partial charge in [-0.3, -0.25) is 0 Å². The molecule has 0 spiro atoms. The lowest BCUT2D eigenvalue weighted by molar-refractivity contribution is -0.137. The normalized spacial score (nSPS) is 13.4. The second-order valence-electron chi connectivity index (χ2n) is 4.64. The maximum absolute atomic E-state index is 13.0. The van der Waals surface area contributed by atoms with Crippen molar-refractivity contribution < 1.29 is 13.2 Å². The number of rotatable bonds is 4. The van der Waals surface area contributed by atoms with E-state index in [1.165, 1.54) is 23.5 Å². The van der Waals surface area contributed by atoms with E-state index in [2.05, 4.69) is 0 Å². The molecule has 20 heavy (non-hydrogen) atoms. The van der Waals surface area contributed by atoms with Crippen LogP contribution in [0.4, 0.5) is 13.2 Å². The Balaban J connectivity index is 2.38. The summed E-state index contributed by atoms with van der Waals surface area (Å²) in [5.41, 5.74) is 5.63. The lowest BCUT2D eigenvalue weighted by Gasteiger charge is -2.11. The van der Waals surface area contributed by atoms with Crippen LogP contribution in [0.15, 0.2) is 36.4 Å². The number of hydrogen-bond acceptors (Lipinski definition) is 2. The van der Waals surface area contributed by atoms with Gasteiger partial charge in [-0.25, -0.2) is 0 Å². The molecular formula is C15H16F3NS. The molecule has 0 fully saturated rings. The average Bonchev–Trinajstić information content (AvgIpc) is 2.87. The Morgan fingerprint density at radius 2 is 1.85 bits per heavy atom. The van der Waals surface area contributed by atoms with Gasteiger partial charge in [0, 0.05) is 21.4 Å². The third kappa shape index (κ3) is 3.22. The predicted octanol–water partition coefficient (Wildman–Crippen LogP) is 5.23. The Morgan fingerprint density at radius 1 is 1.15 bits per heavy atom. The van der Waals surface area contributed by atoms with Gasteiger partial charge in [-0.2, -0.15) is 13.2 Å². The van der Waals surface area contributed by atoms with Crippen molar-refractivity contribution >= 4 is 11.3 Å². The van der Waals surface area contributed by atoms with Crippen LogP contribution in [0, 0.1) is 0 Å². The van der Waals surface area contributed by atoms with Crippen LogP contribution in [0.5, 0.6) is 0 Å². The third-order valence-corrected chi connectivity index (χ3v) is 4.34. The van der Waals surface area contributed by atoms with Crippen molar-refractivity contribution in [3.8, 4) is 10.4 Å². The van der Waals surface area contributed by atoms with E-state index in [4.69, 9.17) is 5.73 Å². The van der Waals surface area contributed by atoms with Crippen LogP contribution in [0.25, 0.3) is 10.4 Å². The molecule has 108 valence electrons. The van der Waals surface area contributed by atoms with Gasteiger partial charge in [0.2, 0.25) is 0 Å². The minimum Gasteiger partial charge on any atom is -0.323 e. The van der Waals surface area contributed by atoms with Crippen LogP contribution >= 0.6 is 11.3 Å². The Kier molecular flexibility index (Phi) is 4.50. The summed E-state index contributed by atoms with van der Waals surface area (Å²) in [6.07, 6.45) is -2.55. The van der Waals surface area contributed by atoms with Gasteiger partial charge >= 0.3 is 6.18 Å². The zero-order valence-corrected chi connectivity index (χ0v) is 11.9. The molecule has 2 aromatic rings. The van der Waals surface area contributed by atoms with Crippen molar-refractivity contribution in [1.29, 1.82) is 0 Å². The fraction of sp³-hybridized carbons (Fsp3) is 0.333. The van der Waals surface area contributed by atoms with Crippen molar-refractivity contribution in [1.82, 2.24) is 0 Å². The lowest BCUT2D eigenvalue weighted by atomic mass is 10.1. The molecule has 0 aliphatic heterocycles. The quantitative estimate of drug-likeness (QED) is 0.821. The Labute approximate surface area is 120 Å². The van der Waals surface area contributed by atoms with E-state index < -0.39 is 11.7 Å². The number of halogens is 3. The van der Waals surface area contributed by atoms with Gasteiger partial charge in [0.25, 0.3) is 0 Å². The highest BCUT2D eigenvalue weighted by Crippen LogP contribution is 2.40. The molecule has 2 N–H and O–H groups in total. The summed E-state index contributed by atoms with van der Waals surface area (Å²) in [5.74, 6) is 0. The van der Waals surface area contributed by atoms with E-state index >= 15 is 0 Å². The molecule has 0 saturated heterocycles. The summed E-state index contributed by atoms with van der Waals surface area (Å²) in [6, 6.07) is 9.09. The van der Waals surface area contributed by atoms with E-state index in [-0.39, 0.29) is 11.6 Å². The standard InChI is InChI=1S/C15H16F3NS/c1-2-5-12(19)14-9-8-13(20-14)10-6-3-4-7-11(10)15(16,17)18/h3-4,6-9,12H,2,5,19H2,1H3. The van der Waals surface area contributed by atoms with Crippen molar-refractivity contribution in [2.45, 2.75) is 32.0 Å². The molecule has 1 atom stereocenters. The molecule has 1 unspecified atom stereocenters. The molecule has 0 amide bonds. The van der Waals surface area contributed by atoms with Gasteiger partial charge in [0.1, 0.15) is 0 Å². The molecule has 1 aromatic carbocycles. The smallest absolute Gasteiger partial charge is 0.323 e. The summed E-state index contributed by atoms with van der Waals surface area (Å²) in [5, 5.41) is 0. The van der Waals surface area contributed by atoms with Gasteiger partial charge in [-0.15, -0.1) is 11.3 Å². The predicted molar refractivity (Wildman–Crippen MR) is 76.6 cm³/mol. The van der Waals surface area contributed by atoms with Gasteiger partial charge < -0.3 is 5.73 Å². The minimum atomic E-state index is -4.34. The first-order chi connectivity index (χ1) is 9.43. The Bertz CT molecular complexity index is 574. The number of hydrogen-bond donors (Lipinski definition) is 1. The zero-order chi connectivity index (χ0) is 14.8. The van der Waals surface area contributed by atoms with Crippen LogP contribution in [0.1, 0.15) is 36.2 Å². The Morgan fingerprint density at radius 3 is 2.50 bits per heavy atom. The molecule has 1 aromatic heterocycles. The van der Waals surface area contributed by atoms with Crippen molar-refractivity contribution in [2.75, 3.05) is 0 Å². The number of alkyl halides is 3. The van der Waals surface area contributed by atoms with Crippen molar-refractivity contribution in [2.24, 2.45) is 5.73 Å². The lowest BCUT2D eigenvalue weighted by Crippen LogP contribution is -2.07. The van der Waals surface area contributed by atoms with E-state index in [0.29, 0.717) is 4.88 Å². The summed E-state index contributed by atoms with van der Waals surface area (Å²) >= 11 is 1.34. The van der Waals surface area contributed by atoms with Crippen LogP contribution in [0.2, 0.25) is 0 Å². The topological polar surface area (TPSA) is 26.0 Å². The molecule has 0 aliphatic rings. The summed E-state index contributed by atoms with van der Waals surface area (Å²) in [6.45, 7) is 2.04. The number of thiophene rings is 1. The fourth-order valence-electron chi connectivity index (χ4n) is 2.10. The van der Waals surface area contributed by atoms with Crippen LogP contribution < -0.4 is 5.73 Å². The molecule has 5 heteroatoms. The third-order valence-electron chi connectivity index (χ3n) is 3.09. The van der Waals surface area contributed by atoms with Crippen LogP contribution in [-0.2, 0) is 6.18 Å². The molecule has 0 saturated carbocycles. The highest BCUT2D eigenvalue weighted by atomic mass is 32.1. The van der Waals surface area contributed by atoms with Crippen molar-refractivity contribution in [3.63, 3.8) is 0 Å². The molecule has 2 rings (SSSR count). The molecule has 0 bridgehead atoms. The molecule has 1 heterocycles. The van der Waals surface area contributed by atoms with E-state index in [0.717, 1.165) is 23.8 Å². The van der Waals surface area contributed by atoms with Gasteiger partial charge in [-0.1, -0.05) is 31.5 Å². The number of benzene rings is 1. The SMILES string of the molecule is CCCC(N)c1ccc(-c2ccccc2C(F)(F)F)s1. The first kappa shape index (κ1) is 15.1. The first-order valence-corrected chi connectivity index (χ1v) is 7.27. The van der Waals surface area contributed by atoms with Gasteiger partial charge in [0.05, 0.1) is 5.56 Å². The fourth-order valence-corrected chi connectivity index (χ4v) is 3.18. The van der Waals surface area contributed by atoms with Crippen LogP contribution in [-0.4, -0.2) is 0 Å². The summed E-state index contributed by atoms with van der Waals surface area (Å²) in [7, 11) is 0. The molecule has 0 radical (unpaired) electrons. The summed E-state index contributed by atoms with van der Waals surface area (Å²) in [4.78, 5) is 1.54. The van der Waals surface area contributed by atoms with E-state index in [9.17, 15) is 13.2 Å². The second-order valence-corrected chi connectivity index (χ2v) is 5.76. The highest BCUT2D eigenvalue weighted by molar-refractivity contribution is 7.15. The van der Waals surface area contributed by atoms with Gasteiger partial charge in [-0.05, 0) is 24.6 Å². The minimum absolute atomic E-state index is 0.100. The van der Waals surface area contributed by atoms with E-state index in [1.807, 2.05) is 13.0 Å². The maximum Gasteiger partial charge on any atom is 0.417 e. The average molecular weight is 299 g/mol. The number of nitrogens with two attached hydrogens (primary N) is 1. The van der Waals surface area contributed by atoms with E-state index in [1.54, 1.807) is 12.1 Å². The summed E-state index contributed by atoms with van der Waals surface area (Å²) < 4.78 is 39.0. The molecular weight excluding hydrogens is 283 g/mol. The largest absolute Gasteiger partial charge is 0.417 e. The Hall–Kier alpha value is -1.33. The molecule has 0 aliphatic carbocycles. The monoisotopic (exact) mass is 299 g/mol. The van der Waals surface area contributed by atoms with Crippen LogP contribution in [0.3, 0.4) is 0 Å². The molecule has 1 nitrogen and oxygen atoms in total. The first-order valence-electron chi connectivity index (χ1n) is 6.45. The van der Waals surface area contributed by atoms with Gasteiger partial charge in [0.15, 0.2) is 0 Å². The zero-order valence-electron chi connectivity index (χ0n) is 11.1. The van der Waals surface area contributed by atoms with Crippen molar-refractivity contribution in [3.05, 3.63) is 46.8 Å². The maximum atomic E-state index is 13.0.